The quantitative estimate of drug-likeness (QED) is 0.747. The van der Waals surface area contributed by atoms with Crippen LogP contribution in [0.1, 0.15) is 37.2 Å². The topological polar surface area (TPSA) is 69.3 Å². The molecule has 3 N–H and O–H groups in total. The third-order valence-electron chi connectivity index (χ3n) is 3.61. The zero-order chi connectivity index (χ0) is 14.3. The fourth-order valence-corrected chi connectivity index (χ4v) is 1.85. The molecule has 0 fully saturated rings. The number of ether oxygens (including phenoxy) is 1. The van der Waals surface area contributed by atoms with Gasteiger partial charge in [-0.1, -0.05) is 13.8 Å². The molecular formula is C14H25N3O2. The Kier molecular flexibility index (Phi) is 6.05. The highest BCUT2D eigenvalue weighted by Crippen LogP contribution is 2.10. The Bertz CT molecular complexity index is 397. The maximum atomic E-state index is 12.1. The van der Waals surface area contributed by atoms with E-state index in [2.05, 4.69) is 5.32 Å². The van der Waals surface area contributed by atoms with Crippen LogP contribution in [-0.4, -0.2) is 36.3 Å². The van der Waals surface area contributed by atoms with Crippen molar-refractivity contribution in [2.75, 3.05) is 20.3 Å². The van der Waals surface area contributed by atoms with E-state index < -0.39 is 0 Å². The van der Waals surface area contributed by atoms with E-state index in [1.54, 1.807) is 13.2 Å². The molecule has 1 amide bonds. The zero-order valence-corrected chi connectivity index (χ0v) is 12.1. The lowest BCUT2D eigenvalue weighted by Gasteiger charge is -2.26. The third-order valence-corrected chi connectivity index (χ3v) is 3.61. The molecule has 0 saturated carbocycles. The number of hydrogen-bond acceptors (Lipinski definition) is 3. The predicted molar refractivity (Wildman–Crippen MR) is 76.1 cm³/mol. The van der Waals surface area contributed by atoms with Gasteiger partial charge in [0.2, 0.25) is 0 Å². The maximum Gasteiger partial charge on any atom is 0.267 e. The number of methoxy groups -OCH3 is 1. The molecule has 1 rings (SSSR count). The van der Waals surface area contributed by atoms with Gasteiger partial charge in [-0.05, 0) is 25.0 Å². The van der Waals surface area contributed by atoms with E-state index in [4.69, 9.17) is 10.5 Å². The largest absolute Gasteiger partial charge is 0.383 e. The highest BCUT2D eigenvalue weighted by Gasteiger charge is 2.21. The van der Waals surface area contributed by atoms with Gasteiger partial charge in [-0.3, -0.25) is 4.79 Å². The summed E-state index contributed by atoms with van der Waals surface area (Å²) in [5, 5.41) is 2.92. The number of nitrogens with zero attached hydrogens (tertiary/aromatic N) is 1. The fourth-order valence-electron chi connectivity index (χ4n) is 1.85. The van der Waals surface area contributed by atoms with Crippen molar-refractivity contribution < 1.29 is 9.53 Å². The van der Waals surface area contributed by atoms with Gasteiger partial charge in [-0.25, -0.2) is 0 Å². The average Bonchev–Trinajstić information content (AvgIpc) is 2.90. The van der Waals surface area contributed by atoms with E-state index in [1.807, 2.05) is 30.7 Å². The Morgan fingerprint density at radius 1 is 1.47 bits per heavy atom. The minimum atomic E-state index is -0.320. The van der Waals surface area contributed by atoms with Crippen molar-refractivity contribution in [1.29, 1.82) is 0 Å². The second kappa shape index (κ2) is 7.31. The van der Waals surface area contributed by atoms with Gasteiger partial charge < -0.3 is 20.4 Å². The first kappa shape index (κ1) is 15.7. The van der Waals surface area contributed by atoms with E-state index in [1.165, 1.54) is 0 Å². The number of aromatic nitrogens is 1. The first-order valence-electron chi connectivity index (χ1n) is 6.77. The molecule has 0 aliphatic rings. The monoisotopic (exact) mass is 267 g/mol. The highest BCUT2D eigenvalue weighted by atomic mass is 16.5. The van der Waals surface area contributed by atoms with Gasteiger partial charge in [0.05, 0.1) is 6.61 Å². The molecular weight excluding hydrogens is 242 g/mol. The second-order valence-electron chi connectivity index (χ2n) is 4.83. The molecule has 5 nitrogen and oxygen atoms in total. The Balaban J connectivity index is 2.61. The molecule has 0 saturated heterocycles. The van der Waals surface area contributed by atoms with E-state index in [0.29, 0.717) is 25.4 Å². The SMILES string of the molecule is CCC(N)(CC)CNC(=O)c1cccn1CCOC. The van der Waals surface area contributed by atoms with Gasteiger partial charge in [0, 0.05) is 31.9 Å². The number of nitrogens with two attached hydrogens (primary N) is 1. The number of nitrogens with one attached hydrogen (secondary N) is 1. The van der Waals surface area contributed by atoms with Gasteiger partial charge in [-0.2, -0.15) is 0 Å². The van der Waals surface area contributed by atoms with E-state index in [0.717, 1.165) is 12.8 Å². The first-order valence-corrected chi connectivity index (χ1v) is 6.77. The smallest absolute Gasteiger partial charge is 0.267 e. The van der Waals surface area contributed by atoms with Crippen molar-refractivity contribution >= 4 is 5.91 Å². The Morgan fingerprint density at radius 2 is 2.16 bits per heavy atom. The molecule has 0 bridgehead atoms. The van der Waals surface area contributed by atoms with Crippen LogP contribution in [0.25, 0.3) is 0 Å². The minimum absolute atomic E-state index is 0.0853. The lowest BCUT2D eigenvalue weighted by Crippen LogP contribution is -2.49. The molecule has 0 spiro atoms. The van der Waals surface area contributed by atoms with Crippen molar-refractivity contribution in [2.45, 2.75) is 38.8 Å². The van der Waals surface area contributed by atoms with E-state index in [9.17, 15) is 4.79 Å². The number of rotatable bonds is 8. The minimum Gasteiger partial charge on any atom is -0.383 e. The average molecular weight is 267 g/mol. The Labute approximate surface area is 115 Å². The van der Waals surface area contributed by atoms with Crippen molar-refractivity contribution in [1.82, 2.24) is 9.88 Å². The molecule has 0 aliphatic heterocycles. The Hall–Kier alpha value is -1.33. The number of carbonyl (C=O) groups excluding carboxylic acids is 1. The van der Waals surface area contributed by atoms with Crippen LogP contribution in [0.4, 0.5) is 0 Å². The molecule has 1 heterocycles. The number of carbonyl (C=O) groups is 1. The fraction of sp³-hybridized carbons (Fsp3) is 0.643. The first-order chi connectivity index (χ1) is 9.06. The molecule has 0 atom stereocenters. The molecule has 0 unspecified atom stereocenters. The standard InChI is InChI=1S/C14H25N3O2/c1-4-14(15,5-2)11-16-13(18)12-7-6-8-17(12)9-10-19-3/h6-8H,4-5,9-11,15H2,1-3H3,(H,16,18). The van der Waals surface area contributed by atoms with Gasteiger partial charge in [0.1, 0.15) is 5.69 Å². The summed E-state index contributed by atoms with van der Waals surface area (Å²) in [6.45, 7) is 5.82. The summed E-state index contributed by atoms with van der Waals surface area (Å²) in [5.74, 6) is -0.0853. The normalized spacial score (nSPS) is 11.6. The number of hydrogen-bond donors (Lipinski definition) is 2. The van der Waals surface area contributed by atoms with Crippen LogP contribution >= 0.6 is 0 Å². The van der Waals surface area contributed by atoms with Crippen molar-refractivity contribution in [2.24, 2.45) is 5.73 Å². The summed E-state index contributed by atoms with van der Waals surface area (Å²) in [7, 11) is 1.65. The zero-order valence-electron chi connectivity index (χ0n) is 12.1. The van der Waals surface area contributed by atoms with Crippen LogP contribution in [0.5, 0.6) is 0 Å². The third kappa shape index (κ3) is 4.36. The lowest BCUT2D eigenvalue weighted by atomic mass is 9.94. The van der Waals surface area contributed by atoms with Crippen LogP contribution in [-0.2, 0) is 11.3 Å². The van der Waals surface area contributed by atoms with Crippen molar-refractivity contribution in [3.8, 4) is 0 Å². The van der Waals surface area contributed by atoms with Gasteiger partial charge >= 0.3 is 0 Å². The summed E-state index contributed by atoms with van der Waals surface area (Å²) >= 11 is 0. The van der Waals surface area contributed by atoms with Crippen LogP contribution in [0.3, 0.4) is 0 Å². The molecule has 19 heavy (non-hydrogen) atoms. The number of amides is 1. The van der Waals surface area contributed by atoms with Crippen molar-refractivity contribution in [3.05, 3.63) is 24.0 Å². The predicted octanol–water partition coefficient (Wildman–Crippen LogP) is 1.38. The molecule has 1 aromatic rings. The van der Waals surface area contributed by atoms with Crippen LogP contribution < -0.4 is 11.1 Å². The van der Waals surface area contributed by atoms with Gasteiger partial charge in [0.15, 0.2) is 0 Å². The Morgan fingerprint density at radius 3 is 2.74 bits per heavy atom. The van der Waals surface area contributed by atoms with Crippen LogP contribution in [0.15, 0.2) is 18.3 Å². The maximum absolute atomic E-state index is 12.1. The molecule has 5 heteroatoms. The molecule has 0 aromatic carbocycles. The molecule has 108 valence electrons. The van der Waals surface area contributed by atoms with Gasteiger partial charge in [-0.15, -0.1) is 0 Å². The van der Waals surface area contributed by atoms with E-state index in [-0.39, 0.29) is 11.4 Å². The van der Waals surface area contributed by atoms with Crippen molar-refractivity contribution in [3.63, 3.8) is 0 Å². The summed E-state index contributed by atoms with van der Waals surface area (Å²) in [6.07, 6.45) is 3.56. The second-order valence-corrected chi connectivity index (χ2v) is 4.83. The summed E-state index contributed by atoms with van der Waals surface area (Å²) in [6, 6.07) is 3.67. The molecule has 1 aromatic heterocycles. The van der Waals surface area contributed by atoms with Crippen LogP contribution in [0.2, 0.25) is 0 Å². The van der Waals surface area contributed by atoms with Crippen LogP contribution in [0, 0.1) is 0 Å². The highest BCUT2D eigenvalue weighted by molar-refractivity contribution is 5.92. The van der Waals surface area contributed by atoms with E-state index >= 15 is 0 Å². The molecule has 0 radical (unpaired) electrons. The molecule has 0 aliphatic carbocycles. The summed E-state index contributed by atoms with van der Waals surface area (Å²) in [5.41, 5.74) is 6.50. The van der Waals surface area contributed by atoms with Gasteiger partial charge in [0.25, 0.3) is 5.91 Å². The summed E-state index contributed by atoms with van der Waals surface area (Å²) in [4.78, 5) is 12.1. The summed E-state index contributed by atoms with van der Waals surface area (Å²) < 4.78 is 6.91. The lowest BCUT2D eigenvalue weighted by molar-refractivity contribution is 0.0930.